The number of benzene rings is 2. The molecule has 17 nitrogen and oxygen atoms in total. The first kappa shape index (κ1) is 55.7. The number of pyridine rings is 1. The van der Waals surface area contributed by atoms with E-state index >= 15 is 0 Å². The molecule has 1 saturated carbocycles. The number of ketones is 1. The number of hydrogen-bond acceptors (Lipinski definition) is 12. The molecular formula is C56H73N7O10S. The number of aliphatic hydroxyl groups is 1. The Kier molecular flexibility index (Phi) is 18.8. The zero-order valence-electron chi connectivity index (χ0n) is 44.0. The van der Waals surface area contributed by atoms with Crippen LogP contribution < -0.4 is 21.5 Å². The van der Waals surface area contributed by atoms with Crippen LogP contribution in [-0.2, 0) is 46.5 Å². The van der Waals surface area contributed by atoms with Crippen LogP contribution in [0.3, 0.4) is 0 Å². The van der Waals surface area contributed by atoms with Gasteiger partial charge >= 0.3 is 0 Å². The third kappa shape index (κ3) is 13.6. The van der Waals surface area contributed by atoms with Crippen molar-refractivity contribution in [2.24, 2.45) is 23.2 Å². The minimum atomic E-state index is -0.918. The summed E-state index contributed by atoms with van der Waals surface area (Å²) in [5.74, 6) is -2.66. The lowest BCUT2D eigenvalue weighted by molar-refractivity contribution is -0.138. The van der Waals surface area contributed by atoms with Gasteiger partial charge in [-0.25, -0.2) is 4.98 Å². The first-order chi connectivity index (χ1) is 35.3. The second kappa shape index (κ2) is 25.0. The second-order valence-corrected chi connectivity index (χ2v) is 21.8. The number of Topliss-reactive ketones (excluding diaryl/α,β-unsaturated/α-hetero) is 1. The third-order valence-corrected chi connectivity index (χ3v) is 15.6. The predicted molar refractivity (Wildman–Crippen MR) is 284 cm³/mol. The lowest BCUT2D eigenvalue weighted by atomic mass is 9.77. The number of aromatic nitrogens is 3. The maximum absolute atomic E-state index is 14.1. The van der Waals surface area contributed by atoms with Gasteiger partial charge in [0.05, 0.1) is 66.1 Å². The first-order valence-corrected chi connectivity index (χ1v) is 26.6. The van der Waals surface area contributed by atoms with Gasteiger partial charge in [-0.3, -0.25) is 28.8 Å². The Hall–Kier alpha value is -6.05. The first-order valence-electron chi connectivity index (χ1n) is 25.7. The number of carbonyl (C=O) groups excluding carboxylic acids is 5. The fourth-order valence-electron chi connectivity index (χ4n) is 10.6. The Morgan fingerprint density at radius 2 is 1.53 bits per heavy atom. The fourth-order valence-corrected chi connectivity index (χ4v) is 11.4. The standard InChI is InChI=1S/C56H73N7O10S/c1-33-25-34(2)60-54(69)45(33)29-58-55(70)49-37(5)63(46-12-10-9-11-42(46)49)36(4)39-17-19-62(20-18-39)48(66)31-73-24-22-71-21-23-72-30-47(65)61-52(56(6,7)8)50(67)43-26-41(64)27-44(43)53(68)57-28-38-13-15-40(16-14-38)51-35(3)59-32-74-51/h9-16,25,32,36,39,41,43-44,52,64H,17-24,26-31H2,1-8H3,(H,57,68)(H,58,70)(H,60,69)(H,61,65)/t36?,41-,43?,44+,52+/m0/s1. The number of piperidine rings is 1. The number of hydrogen-bond donors (Lipinski definition) is 5. The zero-order valence-corrected chi connectivity index (χ0v) is 44.8. The molecular weight excluding hydrogens is 963 g/mol. The van der Waals surface area contributed by atoms with Crippen molar-refractivity contribution in [3.05, 3.63) is 110 Å². The molecule has 4 heterocycles. The van der Waals surface area contributed by atoms with Gasteiger partial charge in [0.2, 0.25) is 17.7 Å². The van der Waals surface area contributed by atoms with E-state index in [1.807, 2.05) is 113 Å². The fraction of sp³-hybridized carbons (Fsp3) is 0.518. The summed E-state index contributed by atoms with van der Waals surface area (Å²) in [4.78, 5) is 90.2. The van der Waals surface area contributed by atoms with Gasteiger partial charge in [0.25, 0.3) is 11.5 Å². The van der Waals surface area contributed by atoms with Crippen LogP contribution in [0.4, 0.5) is 0 Å². The van der Waals surface area contributed by atoms with Crippen LogP contribution in [0.15, 0.2) is 64.9 Å². The van der Waals surface area contributed by atoms with Crippen LogP contribution in [0, 0.1) is 50.9 Å². The minimum Gasteiger partial charge on any atom is -0.393 e. The highest BCUT2D eigenvalue weighted by Crippen LogP contribution is 2.38. The molecule has 4 amide bonds. The van der Waals surface area contributed by atoms with Crippen LogP contribution in [0.1, 0.15) is 104 Å². The number of rotatable bonds is 22. The molecule has 0 spiro atoms. The SMILES string of the molecule is Cc1cc(C)c(CNC(=O)c2c(C)n(C(C)C3CCN(C(=O)COCCOCCOCC(=O)N[C@H](C(=O)C4C[C@H](O)C[C@H]4C(=O)NCc4ccc(-c5scnc5C)cc4)C(C)(C)C)CC3)c3ccccc23)c(=O)[nH]1. The second-order valence-electron chi connectivity index (χ2n) is 20.9. The van der Waals surface area contributed by atoms with Gasteiger partial charge < -0.3 is 49.7 Å². The number of thiazole rings is 1. The molecule has 2 unspecified atom stereocenters. The number of carbonyl (C=O) groups is 5. The molecule has 1 aliphatic carbocycles. The number of para-hydroxylation sites is 1. The van der Waals surface area contributed by atoms with Crippen LogP contribution in [0.2, 0.25) is 0 Å². The van der Waals surface area contributed by atoms with Crippen molar-refractivity contribution >= 4 is 51.7 Å². The maximum atomic E-state index is 14.1. The summed E-state index contributed by atoms with van der Waals surface area (Å²) < 4.78 is 19.1. The molecule has 74 heavy (non-hydrogen) atoms. The number of aliphatic hydroxyl groups excluding tert-OH is 1. The van der Waals surface area contributed by atoms with Gasteiger partial charge in [-0.05, 0) is 100 Å². The highest BCUT2D eigenvalue weighted by molar-refractivity contribution is 7.13. The number of aryl methyl sites for hydroxylation is 3. The van der Waals surface area contributed by atoms with Crippen molar-refractivity contribution in [3.63, 3.8) is 0 Å². The van der Waals surface area contributed by atoms with Crippen LogP contribution in [0.25, 0.3) is 21.3 Å². The molecule has 18 heteroatoms. The molecule has 2 aliphatic rings. The molecule has 3 aromatic heterocycles. The Balaban J connectivity index is 0.784. The van der Waals surface area contributed by atoms with E-state index in [-0.39, 0.29) is 107 Å². The number of amides is 4. The summed E-state index contributed by atoms with van der Waals surface area (Å²) >= 11 is 1.57. The number of fused-ring (bicyclic) bond motifs is 1. The molecule has 5 N–H and O–H groups in total. The summed E-state index contributed by atoms with van der Waals surface area (Å²) in [6, 6.07) is 16.8. The van der Waals surface area contributed by atoms with Crippen LogP contribution in [-0.4, -0.2) is 119 Å². The van der Waals surface area contributed by atoms with Crippen molar-refractivity contribution in [2.45, 2.75) is 112 Å². The summed E-state index contributed by atoms with van der Waals surface area (Å²) in [5.41, 5.74) is 8.38. The van der Waals surface area contributed by atoms with Crippen molar-refractivity contribution in [3.8, 4) is 10.4 Å². The van der Waals surface area contributed by atoms with E-state index in [4.69, 9.17) is 14.2 Å². The largest absolute Gasteiger partial charge is 0.393 e. The molecule has 398 valence electrons. The predicted octanol–water partition coefficient (Wildman–Crippen LogP) is 6.27. The number of H-pyrrole nitrogens is 1. The Labute approximate surface area is 437 Å². The lowest BCUT2D eigenvalue weighted by Crippen LogP contribution is -2.53. The van der Waals surface area contributed by atoms with Crippen molar-refractivity contribution < 1.29 is 43.3 Å². The summed E-state index contributed by atoms with van der Waals surface area (Å²) in [7, 11) is 0. The minimum absolute atomic E-state index is 0.0603. The summed E-state index contributed by atoms with van der Waals surface area (Å²) in [6.45, 7) is 17.2. The van der Waals surface area contributed by atoms with Gasteiger partial charge in [-0.2, -0.15) is 0 Å². The highest BCUT2D eigenvalue weighted by atomic mass is 32.1. The van der Waals surface area contributed by atoms with Crippen molar-refractivity contribution in [2.75, 3.05) is 52.7 Å². The quantitative estimate of drug-likeness (QED) is 0.0486. The van der Waals surface area contributed by atoms with E-state index in [0.717, 1.165) is 62.4 Å². The molecule has 2 aromatic carbocycles. The van der Waals surface area contributed by atoms with Crippen LogP contribution >= 0.6 is 11.3 Å². The van der Waals surface area contributed by atoms with Gasteiger partial charge in [-0.1, -0.05) is 63.2 Å². The zero-order chi connectivity index (χ0) is 53.3. The molecule has 5 atom stereocenters. The van der Waals surface area contributed by atoms with Gasteiger partial charge in [0, 0.05) is 66.0 Å². The smallest absolute Gasteiger partial charge is 0.254 e. The number of likely N-dealkylation sites (tertiary alicyclic amines) is 1. The topological polar surface area (TPSA) is 223 Å². The number of nitrogens with zero attached hydrogens (tertiary/aromatic N) is 3. The molecule has 1 aliphatic heterocycles. The molecule has 0 radical (unpaired) electrons. The molecule has 7 rings (SSSR count). The Morgan fingerprint density at radius 1 is 0.865 bits per heavy atom. The van der Waals surface area contributed by atoms with Crippen LogP contribution in [0.5, 0.6) is 0 Å². The number of nitrogens with one attached hydrogen (secondary N) is 4. The van der Waals surface area contributed by atoms with E-state index in [1.54, 1.807) is 11.3 Å². The Bertz CT molecular complexity index is 2840. The van der Waals surface area contributed by atoms with E-state index in [2.05, 4.69) is 37.4 Å². The van der Waals surface area contributed by atoms with E-state index < -0.39 is 35.3 Å². The van der Waals surface area contributed by atoms with E-state index in [9.17, 15) is 33.9 Å². The van der Waals surface area contributed by atoms with Gasteiger partial charge in [0.1, 0.15) is 13.2 Å². The maximum Gasteiger partial charge on any atom is 0.254 e. The lowest BCUT2D eigenvalue weighted by Gasteiger charge is -2.36. The molecule has 5 aromatic rings. The summed E-state index contributed by atoms with van der Waals surface area (Å²) in [6.07, 6.45) is 1.06. The average molecular weight is 1040 g/mol. The average Bonchev–Trinajstić information content (AvgIpc) is 4.07. The highest BCUT2D eigenvalue weighted by Gasteiger charge is 2.47. The normalized spacial score (nSPS) is 18.1. The number of aromatic amines is 1. The van der Waals surface area contributed by atoms with Crippen molar-refractivity contribution in [1.29, 1.82) is 0 Å². The van der Waals surface area contributed by atoms with E-state index in [1.165, 1.54) is 0 Å². The molecule has 1 saturated heterocycles. The van der Waals surface area contributed by atoms with Gasteiger partial charge in [-0.15, -0.1) is 11.3 Å². The van der Waals surface area contributed by atoms with E-state index in [0.29, 0.717) is 24.2 Å². The van der Waals surface area contributed by atoms with Crippen molar-refractivity contribution in [1.82, 2.24) is 35.4 Å². The summed E-state index contributed by atoms with van der Waals surface area (Å²) in [5, 5.41) is 20.3. The van der Waals surface area contributed by atoms with Gasteiger partial charge in [0.15, 0.2) is 5.78 Å². The molecule has 0 bridgehead atoms. The molecule has 2 fully saturated rings. The third-order valence-electron chi connectivity index (χ3n) is 14.6. The monoisotopic (exact) mass is 1040 g/mol. The Morgan fingerprint density at radius 3 is 2.19 bits per heavy atom. The number of ether oxygens (including phenoxy) is 3.